The van der Waals surface area contributed by atoms with Gasteiger partial charge < -0.3 is 10.6 Å². The average molecular weight is 417 g/mol. The quantitative estimate of drug-likeness (QED) is 0.652. The van der Waals surface area contributed by atoms with Crippen LogP contribution in [0.3, 0.4) is 0 Å². The number of rotatable bonds is 6. The fraction of sp³-hybridized carbons (Fsp3) is 0.571. The highest BCUT2D eigenvalue weighted by Gasteiger charge is 2.25. The fourth-order valence-electron chi connectivity index (χ4n) is 4.13. The first-order valence-corrected chi connectivity index (χ1v) is 12.0. The van der Waals surface area contributed by atoms with Gasteiger partial charge in [0.2, 0.25) is 11.0 Å². The molecule has 0 saturated heterocycles. The molecule has 2 aromatic rings. The summed E-state index contributed by atoms with van der Waals surface area (Å²) in [5.41, 5.74) is 2.64. The number of nitrogens with one attached hydrogen (secondary N) is 2. The molecule has 2 aliphatic rings. The van der Waals surface area contributed by atoms with E-state index in [2.05, 4.69) is 45.1 Å². The average Bonchev–Trinajstić information content (AvgIpc) is 3.15. The van der Waals surface area contributed by atoms with Crippen LogP contribution in [0, 0.1) is 0 Å². The lowest BCUT2D eigenvalue weighted by Crippen LogP contribution is -2.35. The van der Waals surface area contributed by atoms with E-state index < -0.39 is 0 Å². The zero-order chi connectivity index (χ0) is 19.3. The highest BCUT2D eigenvalue weighted by atomic mass is 32.2. The number of aromatic nitrogens is 2. The van der Waals surface area contributed by atoms with Crippen LogP contribution in [0.25, 0.3) is 0 Å². The molecule has 5 nitrogen and oxygen atoms in total. The molecule has 1 aromatic carbocycles. The van der Waals surface area contributed by atoms with Crippen LogP contribution < -0.4 is 10.6 Å². The SMILES string of the molecule is C[C@H](Sc1nnc(NC2CCCCC2)s1)C(=O)N[C@H]1CCCc2ccccc21. The van der Waals surface area contributed by atoms with Crippen molar-refractivity contribution >= 4 is 34.1 Å². The van der Waals surface area contributed by atoms with Crippen molar-refractivity contribution < 1.29 is 4.79 Å². The van der Waals surface area contributed by atoms with Crippen LogP contribution in [0.5, 0.6) is 0 Å². The van der Waals surface area contributed by atoms with Gasteiger partial charge in [-0.1, -0.05) is 66.6 Å². The monoisotopic (exact) mass is 416 g/mol. The van der Waals surface area contributed by atoms with Gasteiger partial charge >= 0.3 is 0 Å². The number of anilines is 1. The van der Waals surface area contributed by atoms with Crippen LogP contribution in [-0.2, 0) is 11.2 Å². The molecule has 2 aliphatic carbocycles. The number of carbonyl (C=O) groups excluding carboxylic acids is 1. The van der Waals surface area contributed by atoms with E-state index in [-0.39, 0.29) is 17.2 Å². The van der Waals surface area contributed by atoms with Crippen molar-refractivity contribution in [2.75, 3.05) is 5.32 Å². The molecule has 28 heavy (non-hydrogen) atoms. The molecule has 4 rings (SSSR count). The zero-order valence-corrected chi connectivity index (χ0v) is 18.0. The molecular formula is C21H28N4OS2. The van der Waals surface area contributed by atoms with Gasteiger partial charge in [0.15, 0.2) is 4.34 Å². The molecule has 0 bridgehead atoms. The number of aryl methyl sites for hydroxylation is 1. The third-order valence-electron chi connectivity index (χ3n) is 5.67. The van der Waals surface area contributed by atoms with Crippen LogP contribution in [0.15, 0.2) is 28.6 Å². The van der Waals surface area contributed by atoms with E-state index in [1.165, 1.54) is 55.0 Å². The Morgan fingerprint density at radius 1 is 1.14 bits per heavy atom. The summed E-state index contributed by atoms with van der Waals surface area (Å²) >= 11 is 3.05. The van der Waals surface area contributed by atoms with Gasteiger partial charge in [0.1, 0.15) is 0 Å². The zero-order valence-electron chi connectivity index (χ0n) is 16.3. The normalized spacial score (nSPS) is 21.0. The van der Waals surface area contributed by atoms with Gasteiger partial charge in [-0.05, 0) is 50.2 Å². The number of amides is 1. The molecule has 0 spiro atoms. The standard InChI is InChI=1S/C21H28N4OS2/c1-14(19(26)23-18-13-7-9-15-8-5-6-12-17(15)18)27-21-25-24-20(28-21)22-16-10-3-2-4-11-16/h5-6,8,12,14,16,18H,2-4,7,9-11,13H2,1H3,(H,22,24)(H,23,26)/t14-,18-/m0/s1. The van der Waals surface area contributed by atoms with Crippen LogP contribution in [0.2, 0.25) is 0 Å². The van der Waals surface area contributed by atoms with Gasteiger partial charge in [0.05, 0.1) is 11.3 Å². The molecule has 2 N–H and O–H groups in total. The van der Waals surface area contributed by atoms with E-state index in [4.69, 9.17) is 0 Å². The van der Waals surface area contributed by atoms with Gasteiger partial charge in [0.25, 0.3) is 0 Å². The smallest absolute Gasteiger partial charge is 0.233 e. The van der Waals surface area contributed by atoms with E-state index in [0.29, 0.717) is 6.04 Å². The summed E-state index contributed by atoms with van der Waals surface area (Å²) < 4.78 is 0.852. The number of hydrogen-bond acceptors (Lipinski definition) is 6. The predicted octanol–water partition coefficient (Wildman–Crippen LogP) is 4.96. The van der Waals surface area contributed by atoms with Crippen LogP contribution in [0.4, 0.5) is 5.13 Å². The van der Waals surface area contributed by atoms with E-state index in [9.17, 15) is 4.79 Å². The van der Waals surface area contributed by atoms with E-state index in [1.807, 2.05) is 6.92 Å². The first kappa shape index (κ1) is 19.7. The minimum absolute atomic E-state index is 0.0729. The van der Waals surface area contributed by atoms with Gasteiger partial charge in [0, 0.05) is 6.04 Å². The molecular weight excluding hydrogens is 388 g/mol. The van der Waals surface area contributed by atoms with Gasteiger partial charge in [-0.15, -0.1) is 10.2 Å². The second-order valence-electron chi connectivity index (χ2n) is 7.76. The van der Waals surface area contributed by atoms with Crippen molar-refractivity contribution in [3.05, 3.63) is 35.4 Å². The number of thioether (sulfide) groups is 1. The molecule has 0 radical (unpaired) electrons. The van der Waals surface area contributed by atoms with Gasteiger partial charge in [-0.3, -0.25) is 4.79 Å². The third kappa shape index (κ3) is 4.87. The summed E-state index contributed by atoms with van der Waals surface area (Å²) in [7, 11) is 0. The van der Waals surface area contributed by atoms with Gasteiger partial charge in [-0.25, -0.2) is 0 Å². The molecule has 1 heterocycles. The summed E-state index contributed by atoms with van der Waals surface area (Å²) in [6.45, 7) is 1.95. The van der Waals surface area contributed by atoms with Crippen LogP contribution in [0.1, 0.15) is 69.0 Å². The van der Waals surface area contributed by atoms with Gasteiger partial charge in [-0.2, -0.15) is 0 Å². The van der Waals surface area contributed by atoms with E-state index >= 15 is 0 Å². The molecule has 1 saturated carbocycles. The Kier molecular flexibility index (Phi) is 6.52. The lowest BCUT2D eigenvalue weighted by molar-refractivity contribution is -0.121. The lowest BCUT2D eigenvalue weighted by Gasteiger charge is -2.27. The maximum absolute atomic E-state index is 12.8. The number of hydrogen-bond donors (Lipinski definition) is 2. The summed E-state index contributed by atoms with van der Waals surface area (Å²) in [6.07, 6.45) is 9.58. The fourth-order valence-corrected chi connectivity index (χ4v) is 6.12. The second-order valence-corrected chi connectivity index (χ2v) is 10.3. The largest absolute Gasteiger partial charge is 0.357 e. The molecule has 2 atom stereocenters. The van der Waals surface area contributed by atoms with Crippen molar-refractivity contribution in [1.29, 1.82) is 0 Å². The maximum Gasteiger partial charge on any atom is 0.233 e. The van der Waals surface area contributed by atoms with Crippen LogP contribution >= 0.6 is 23.1 Å². The lowest BCUT2D eigenvalue weighted by atomic mass is 9.88. The molecule has 0 unspecified atom stereocenters. The first-order valence-electron chi connectivity index (χ1n) is 10.3. The van der Waals surface area contributed by atoms with Crippen molar-refractivity contribution in [1.82, 2.24) is 15.5 Å². The first-order chi connectivity index (χ1) is 13.7. The van der Waals surface area contributed by atoms with Crippen molar-refractivity contribution in [3.8, 4) is 0 Å². The molecule has 0 aliphatic heterocycles. The third-order valence-corrected chi connectivity index (χ3v) is 7.71. The molecule has 1 fully saturated rings. The second kappa shape index (κ2) is 9.27. The maximum atomic E-state index is 12.8. The minimum atomic E-state index is -0.190. The molecule has 7 heteroatoms. The van der Waals surface area contributed by atoms with Crippen LogP contribution in [-0.4, -0.2) is 27.4 Å². The number of fused-ring (bicyclic) bond motifs is 1. The summed E-state index contributed by atoms with van der Waals surface area (Å²) in [4.78, 5) is 12.8. The highest BCUT2D eigenvalue weighted by Crippen LogP contribution is 2.33. The Bertz CT molecular complexity index is 803. The predicted molar refractivity (Wildman–Crippen MR) is 116 cm³/mol. The Labute approximate surface area is 175 Å². The Balaban J connectivity index is 1.31. The Morgan fingerprint density at radius 2 is 1.96 bits per heavy atom. The number of benzene rings is 1. The number of nitrogens with zero attached hydrogens (tertiary/aromatic N) is 2. The molecule has 150 valence electrons. The Morgan fingerprint density at radius 3 is 2.82 bits per heavy atom. The topological polar surface area (TPSA) is 66.9 Å². The Hall–Kier alpha value is -1.60. The van der Waals surface area contributed by atoms with Crippen molar-refractivity contribution in [2.24, 2.45) is 0 Å². The highest BCUT2D eigenvalue weighted by molar-refractivity contribution is 8.02. The number of carbonyl (C=O) groups is 1. The summed E-state index contributed by atoms with van der Waals surface area (Å²) in [6, 6.07) is 9.10. The minimum Gasteiger partial charge on any atom is -0.357 e. The van der Waals surface area contributed by atoms with E-state index in [0.717, 1.165) is 28.7 Å². The summed E-state index contributed by atoms with van der Waals surface area (Å²) in [5.74, 6) is 0.0729. The van der Waals surface area contributed by atoms with E-state index in [1.54, 1.807) is 11.3 Å². The van der Waals surface area contributed by atoms with Crippen molar-refractivity contribution in [2.45, 2.75) is 80.0 Å². The molecule has 1 amide bonds. The van der Waals surface area contributed by atoms with Crippen molar-refractivity contribution in [3.63, 3.8) is 0 Å². The molecule has 1 aromatic heterocycles. The summed E-state index contributed by atoms with van der Waals surface area (Å²) in [5, 5.41) is 16.0.